The molecular weight excluding hydrogens is 396 g/mol. The Hall–Kier alpha value is -1.67. The number of aliphatic hydroxyl groups is 4. The smallest absolute Gasteiger partial charge is 0.244 e. The molecule has 4 rings (SSSR count). The minimum absolute atomic E-state index is 0.169. The Morgan fingerprint density at radius 1 is 1.07 bits per heavy atom. The number of hydrogen-bond acceptors (Lipinski definition) is 6. The van der Waals surface area contributed by atoms with Crippen LogP contribution < -0.4 is 4.74 Å². The summed E-state index contributed by atoms with van der Waals surface area (Å²) in [7, 11) is 0. The first-order valence-electron chi connectivity index (χ1n) is 9.78. The Bertz CT molecular complexity index is 884. The molecule has 29 heavy (non-hydrogen) atoms. The van der Waals surface area contributed by atoms with E-state index in [0.717, 1.165) is 23.1 Å². The van der Waals surface area contributed by atoms with Gasteiger partial charge >= 0.3 is 0 Å². The Morgan fingerprint density at radius 2 is 1.76 bits per heavy atom. The van der Waals surface area contributed by atoms with Crippen molar-refractivity contribution in [3.8, 4) is 5.75 Å². The van der Waals surface area contributed by atoms with E-state index in [4.69, 9.17) is 21.1 Å². The van der Waals surface area contributed by atoms with Gasteiger partial charge in [0.25, 0.3) is 0 Å². The second-order valence-corrected chi connectivity index (χ2v) is 8.16. The second-order valence-electron chi connectivity index (χ2n) is 7.75. The number of aliphatic hydroxyl groups excluding tert-OH is 4. The summed E-state index contributed by atoms with van der Waals surface area (Å²) in [5.41, 5.74) is 4.10. The Balaban J connectivity index is 1.60. The fourth-order valence-corrected chi connectivity index (χ4v) is 4.28. The molecule has 2 aliphatic heterocycles. The highest BCUT2D eigenvalue weighted by Gasteiger charge is 2.58. The van der Waals surface area contributed by atoms with Gasteiger partial charge in [0.15, 0.2) is 0 Å². The molecule has 2 aromatic carbocycles. The molecule has 2 aromatic rings. The van der Waals surface area contributed by atoms with Gasteiger partial charge in [-0.2, -0.15) is 0 Å². The molecular formula is C22H25ClO6. The summed E-state index contributed by atoms with van der Waals surface area (Å²) in [6, 6.07) is 12.0. The van der Waals surface area contributed by atoms with E-state index in [1.165, 1.54) is 5.56 Å². The van der Waals surface area contributed by atoms with Crippen molar-refractivity contribution < 1.29 is 29.9 Å². The summed E-state index contributed by atoms with van der Waals surface area (Å²) < 4.78 is 11.6. The van der Waals surface area contributed by atoms with Crippen molar-refractivity contribution in [2.45, 2.75) is 56.4 Å². The van der Waals surface area contributed by atoms with E-state index in [1.807, 2.05) is 6.07 Å². The molecule has 1 fully saturated rings. The topological polar surface area (TPSA) is 99.4 Å². The number of aryl methyl sites for hydroxylation is 1. The Morgan fingerprint density at radius 3 is 2.41 bits per heavy atom. The second kappa shape index (κ2) is 7.87. The lowest BCUT2D eigenvalue weighted by atomic mass is 9.89. The lowest BCUT2D eigenvalue weighted by molar-refractivity contribution is -0.330. The molecule has 5 atom stereocenters. The van der Waals surface area contributed by atoms with Crippen LogP contribution in [0.3, 0.4) is 0 Å². The maximum atomic E-state index is 10.5. The first-order chi connectivity index (χ1) is 13.9. The Labute approximate surface area is 174 Å². The molecule has 1 spiro atoms. The summed E-state index contributed by atoms with van der Waals surface area (Å²) in [6.45, 7) is 1.60. The zero-order valence-corrected chi connectivity index (χ0v) is 16.8. The number of benzene rings is 2. The predicted molar refractivity (Wildman–Crippen MR) is 107 cm³/mol. The molecule has 1 saturated heterocycles. The third-order valence-electron chi connectivity index (χ3n) is 5.81. The largest absolute Gasteiger partial charge is 0.459 e. The van der Waals surface area contributed by atoms with Crippen LogP contribution in [0.25, 0.3) is 0 Å². The maximum absolute atomic E-state index is 10.5. The van der Waals surface area contributed by atoms with Crippen molar-refractivity contribution in [2.24, 2.45) is 0 Å². The van der Waals surface area contributed by atoms with Gasteiger partial charge in [-0.15, -0.1) is 0 Å². The van der Waals surface area contributed by atoms with Crippen molar-refractivity contribution >= 4 is 11.6 Å². The van der Waals surface area contributed by atoms with Crippen molar-refractivity contribution in [2.75, 3.05) is 6.61 Å². The number of ether oxygens (including phenoxy) is 2. The van der Waals surface area contributed by atoms with E-state index in [9.17, 15) is 20.4 Å². The number of fused-ring (bicyclic) bond motifs is 1. The maximum Gasteiger partial charge on any atom is 0.244 e. The standard InChI is InChI=1S/C22H25ClO6/c1-2-12-3-5-13(6-4-12)7-14-8-15-10-22(28-17(15)9-16(14)23)21(27)20(26)19(25)18(11-24)29-22/h3-6,8-9,18-21,24-27H,2,7,10-11H2,1H3/t18-,19-,20+,21-,22+/m1/s1. The average Bonchev–Trinajstić information content (AvgIpc) is 3.08. The van der Waals surface area contributed by atoms with Crippen LogP contribution in [0.5, 0.6) is 5.75 Å². The van der Waals surface area contributed by atoms with E-state index in [-0.39, 0.29) is 6.42 Å². The van der Waals surface area contributed by atoms with E-state index in [1.54, 1.807) is 6.07 Å². The minimum atomic E-state index is -1.57. The normalized spacial score (nSPS) is 31.0. The van der Waals surface area contributed by atoms with Gasteiger partial charge in [0.1, 0.15) is 30.2 Å². The SMILES string of the molecule is CCc1ccc(Cc2cc3c(cc2Cl)O[C@@]2(C3)O[C@H](CO)[C@@H](O)[C@H](O)[C@H]2O)cc1. The number of rotatable bonds is 4. The van der Waals surface area contributed by atoms with Crippen molar-refractivity contribution in [3.63, 3.8) is 0 Å². The van der Waals surface area contributed by atoms with Crippen LogP contribution in [0.4, 0.5) is 0 Å². The quantitative estimate of drug-likeness (QED) is 0.599. The predicted octanol–water partition coefficient (Wildman–Crippen LogP) is 1.60. The van der Waals surface area contributed by atoms with Crippen LogP contribution >= 0.6 is 11.6 Å². The molecule has 0 saturated carbocycles. The molecule has 0 radical (unpaired) electrons. The van der Waals surface area contributed by atoms with Gasteiger partial charge in [0.05, 0.1) is 6.61 Å². The van der Waals surface area contributed by atoms with Crippen molar-refractivity contribution in [3.05, 3.63) is 63.7 Å². The molecule has 2 aliphatic rings. The summed E-state index contributed by atoms with van der Waals surface area (Å²) in [6.07, 6.45) is -3.64. The molecule has 7 heteroatoms. The highest BCUT2D eigenvalue weighted by atomic mass is 35.5. The van der Waals surface area contributed by atoms with E-state index >= 15 is 0 Å². The van der Waals surface area contributed by atoms with Gasteiger partial charge in [0.2, 0.25) is 5.79 Å². The number of hydrogen-bond donors (Lipinski definition) is 4. The molecule has 156 valence electrons. The highest BCUT2D eigenvalue weighted by Crippen LogP contribution is 2.44. The van der Waals surface area contributed by atoms with Gasteiger partial charge in [0, 0.05) is 17.0 Å². The lowest BCUT2D eigenvalue weighted by Gasteiger charge is -2.45. The zero-order chi connectivity index (χ0) is 20.8. The van der Waals surface area contributed by atoms with Crippen LogP contribution in [-0.4, -0.2) is 57.2 Å². The molecule has 0 unspecified atom stereocenters. The molecule has 2 heterocycles. The van der Waals surface area contributed by atoms with Gasteiger partial charge in [-0.25, -0.2) is 0 Å². The van der Waals surface area contributed by atoms with Crippen molar-refractivity contribution in [1.82, 2.24) is 0 Å². The first-order valence-corrected chi connectivity index (χ1v) is 10.2. The van der Waals surface area contributed by atoms with E-state index in [2.05, 4.69) is 31.2 Å². The van der Waals surface area contributed by atoms with Gasteiger partial charge in [-0.05, 0) is 35.6 Å². The van der Waals surface area contributed by atoms with E-state index in [0.29, 0.717) is 17.2 Å². The average molecular weight is 421 g/mol. The Kier molecular flexibility index (Phi) is 5.59. The monoisotopic (exact) mass is 420 g/mol. The summed E-state index contributed by atoms with van der Waals surface area (Å²) >= 11 is 6.48. The van der Waals surface area contributed by atoms with Gasteiger partial charge in [-0.3, -0.25) is 0 Å². The summed E-state index contributed by atoms with van der Waals surface area (Å²) in [4.78, 5) is 0. The molecule has 0 amide bonds. The third kappa shape index (κ3) is 3.65. The van der Waals surface area contributed by atoms with Crippen LogP contribution in [0.1, 0.15) is 29.2 Å². The van der Waals surface area contributed by atoms with Crippen LogP contribution in [0.15, 0.2) is 36.4 Å². The van der Waals surface area contributed by atoms with Crippen LogP contribution in [0, 0.1) is 0 Å². The minimum Gasteiger partial charge on any atom is -0.459 e. The fraction of sp³-hybridized carbons (Fsp3) is 0.455. The molecule has 6 nitrogen and oxygen atoms in total. The van der Waals surface area contributed by atoms with E-state index < -0.39 is 36.8 Å². The third-order valence-corrected chi connectivity index (χ3v) is 6.16. The fourth-order valence-electron chi connectivity index (χ4n) is 4.06. The lowest BCUT2D eigenvalue weighted by Crippen LogP contribution is -2.67. The van der Waals surface area contributed by atoms with Crippen molar-refractivity contribution in [1.29, 1.82) is 0 Å². The van der Waals surface area contributed by atoms with Gasteiger partial charge in [-0.1, -0.05) is 48.9 Å². The summed E-state index contributed by atoms with van der Waals surface area (Å²) in [5, 5.41) is 40.7. The molecule has 0 aromatic heterocycles. The first kappa shape index (κ1) is 20.6. The molecule has 0 aliphatic carbocycles. The van der Waals surface area contributed by atoms with Gasteiger partial charge < -0.3 is 29.9 Å². The van der Waals surface area contributed by atoms with Crippen LogP contribution in [0.2, 0.25) is 5.02 Å². The number of halogens is 1. The highest BCUT2D eigenvalue weighted by molar-refractivity contribution is 6.31. The molecule has 4 N–H and O–H groups in total. The molecule has 0 bridgehead atoms. The zero-order valence-electron chi connectivity index (χ0n) is 16.1. The summed E-state index contributed by atoms with van der Waals surface area (Å²) in [5.74, 6) is -1.11. The van der Waals surface area contributed by atoms with Crippen LogP contribution in [-0.2, 0) is 24.0 Å².